The smallest absolute Gasteiger partial charge is 0.406 e. The first kappa shape index (κ1) is 27.8. The summed E-state index contributed by atoms with van der Waals surface area (Å²) in [5.41, 5.74) is -0.848. The Morgan fingerprint density at radius 1 is 1.03 bits per heavy atom. The van der Waals surface area contributed by atoms with E-state index in [9.17, 15) is 35.9 Å². The number of carbonyl (C=O) groups excluding carboxylic acids is 2. The summed E-state index contributed by atoms with van der Waals surface area (Å²) in [6.45, 7) is 3.10. The van der Waals surface area contributed by atoms with Gasteiger partial charge >= 0.3 is 12.5 Å². The minimum absolute atomic E-state index is 0.00441. The molecule has 1 saturated carbocycles. The lowest BCUT2D eigenvalue weighted by Gasteiger charge is -2.27. The van der Waals surface area contributed by atoms with Crippen molar-refractivity contribution in [3.8, 4) is 5.75 Å². The molecular formula is C27H28F6N2O3. The molecule has 1 aliphatic carbocycles. The Hall–Kier alpha value is -3.24. The summed E-state index contributed by atoms with van der Waals surface area (Å²) in [4.78, 5) is 28.5. The van der Waals surface area contributed by atoms with Gasteiger partial charge in [-0.15, -0.1) is 13.2 Å². The highest BCUT2D eigenvalue weighted by molar-refractivity contribution is 5.95. The van der Waals surface area contributed by atoms with Crippen LogP contribution in [0.15, 0.2) is 48.5 Å². The Balaban J connectivity index is 1.52. The van der Waals surface area contributed by atoms with Gasteiger partial charge in [0.1, 0.15) is 11.8 Å². The number of likely N-dealkylation sites (tertiary alicyclic amines) is 1. The number of ether oxygens (including phenoxy) is 1. The Morgan fingerprint density at radius 2 is 1.66 bits per heavy atom. The third-order valence-electron chi connectivity index (χ3n) is 7.32. The average molecular weight is 543 g/mol. The first-order chi connectivity index (χ1) is 17.8. The fourth-order valence-corrected chi connectivity index (χ4v) is 4.90. The second kappa shape index (κ2) is 10.5. The quantitative estimate of drug-likeness (QED) is 0.441. The van der Waals surface area contributed by atoms with E-state index < -0.39 is 41.2 Å². The third kappa shape index (κ3) is 6.42. The van der Waals surface area contributed by atoms with Gasteiger partial charge < -0.3 is 15.0 Å². The van der Waals surface area contributed by atoms with Crippen LogP contribution in [0.5, 0.6) is 5.75 Å². The highest BCUT2D eigenvalue weighted by Crippen LogP contribution is 2.49. The molecular weight excluding hydrogens is 514 g/mol. The van der Waals surface area contributed by atoms with Crippen LogP contribution in [-0.2, 0) is 27.6 Å². The van der Waals surface area contributed by atoms with Crippen molar-refractivity contribution in [2.75, 3.05) is 13.1 Å². The SMILES string of the molecule is CCC1CCN(C(=O)C(Cc2ccc(C(F)(F)F)cc2)NC(=O)C2(c3ccc(OC(F)(F)F)cc3)CC2)C1. The summed E-state index contributed by atoms with van der Waals surface area (Å²) < 4.78 is 80.3. The number of carbonyl (C=O) groups is 2. The number of halogens is 6. The predicted molar refractivity (Wildman–Crippen MR) is 126 cm³/mol. The molecule has 38 heavy (non-hydrogen) atoms. The Bertz CT molecular complexity index is 1140. The van der Waals surface area contributed by atoms with Crippen LogP contribution in [0.25, 0.3) is 0 Å². The Labute approximate surface area is 216 Å². The predicted octanol–water partition coefficient (Wildman–Crippen LogP) is 5.62. The minimum atomic E-state index is -4.84. The number of nitrogens with zero attached hydrogens (tertiary/aromatic N) is 1. The van der Waals surface area contributed by atoms with E-state index in [1.54, 1.807) is 4.90 Å². The van der Waals surface area contributed by atoms with E-state index in [1.165, 1.54) is 24.3 Å². The molecule has 0 aromatic heterocycles. The van der Waals surface area contributed by atoms with Crippen LogP contribution in [0, 0.1) is 5.92 Å². The zero-order chi connectivity index (χ0) is 27.7. The maximum Gasteiger partial charge on any atom is 0.573 e. The molecule has 5 nitrogen and oxygen atoms in total. The maximum absolute atomic E-state index is 13.4. The van der Waals surface area contributed by atoms with Crippen LogP contribution in [0.4, 0.5) is 26.3 Å². The number of hydrogen-bond acceptors (Lipinski definition) is 3. The molecule has 1 N–H and O–H groups in total. The molecule has 1 saturated heterocycles. The standard InChI is InChI=1S/C27H28F6N2O3/c1-2-17-11-14-35(16-17)23(36)22(15-18-3-5-20(6-4-18)26(28,29)30)34-24(37)25(12-13-25)19-7-9-21(10-8-19)38-27(31,32)33/h3-10,17,22H,2,11-16H2,1H3,(H,34,37). The fraction of sp³-hybridized carbons (Fsp3) is 0.481. The first-order valence-electron chi connectivity index (χ1n) is 12.4. The van der Waals surface area contributed by atoms with E-state index in [0.29, 0.717) is 43.0 Å². The van der Waals surface area contributed by atoms with Crippen molar-refractivity contribution in [1.29, 1.82) is 0 Å². The van der Waals surface area contributed by atoms with Gasteiger partial charge in [0, 0.05) is 19.5 Å². The van der Waals surface area contributed by atoms with E-state index in [1.807, 2.05) is 6.92 Å². The maximum atomic E-state index is 13.4. The van der Waals surface area contributed by atoms with Gasteiger partial charge in [-0.05, 0) is 60.6 Å². The minimum Gasteiger partial charge on any atom is -0.406 e. The molecule has 2 atom stereocenters. The topological polar surface area (TPSA) is 58.6 Å². The molecule has 2 aromatic rings. The molecule has 2 aromatic carbocycles. The van der Waals surface area contributed by atoms with E-state index in [4.69, 9.17) is 0 Å². The molecule has 2 fully saturated rings. The Morgan fingerprint density at radius 3 is 2.16 bits per heavy atom. The second-order valence-electron chi connectivity index (χ2n) is 9.93. The first-order valence-corrected chi connectivity index (χ1v) is 12.4. The second-order valence-corrected chi connectivity index (χ2v) is 9.93. The third-order valence-corrected chi connectivity index (χ3v) is 7.32. The molecule has 2 aliphatic rings. The number of amides is 2. The summed E-state index contributed by atoms with van der Waals surface area (Å²) in [5.74, 6) is -0.821. The van der Waals surface area contributed by atoms with Crippen LogP contribution in [0.3, 0.4) is 0 Å². The molecule has 2 amide bonds. The summed E-state index contributed by atoms with van der Waals surface area (Å²) in [6.07, 6.45) is -6.71. The van der Waals surface area contributed by atoms with Crippen molar-refractivity contribution in [3.63, 3.8) is 0 Å². The normalized spacial score (nSPS) is 19.7. The summed E-state index contributed by atoms with van der Waals surface area (Å²) in [5, 5.41) is 2.81. The lowest BCUT2D eigenvalue weighted by molar-refractivity contribution is -0.274. The lowest BCUT2D eigenvalue weighted by atomic mass is 9.93. The van der Waals surface area contributed by atoms with Crippen LogP contribution in [0.2, 0.25) is 0 Å². The van der Waals surface area contributed by atoms with Crippen LogP contribution < -0.4 is 10.1 Å². The number of hydrogen-bond donors (Lipinski definition) is 1. The zero-order valence-corrected chi connectivity index (χ0v) is 20.7. The van der Waals surface area contributed by atoms with Crippen molar-refractivity contribution in [1.82, 2.24) is 10.2 Å². The van der Waals surface area contributed by atoms with Gasteiger partial charge in [0.2, 0.25) is 11.8 Å². The van der Waals surface area contributed by atoms with Crippen molar-refractivity contribution in [2.45, 2.75) is 63.0 Å². The van der Waals surface area contributed by atoms with Gasteiger partial charge in [0.05, 0.1) is 11.0 Å². The molecule has 2 unspecified atom stereocenters. The molecule has 4 rings (SSSR count). The molecule has 1 heterocycles. The molecule has 0 spiro atoms. The largest absolute Gasteiger partial charge is 0.573 e. The Kier molecular flexibility index (Phi) is 7.67. The van der Waals surface area contributed by atoms with Crippen molar-refractivity contribution >= 4 is 11.8 Å². The highest BCUT2D eigenvalue weighted by atomic mass is 19.4. The van der Waals surface area contributed by atoms with Crippen molar-refractivity contribution in [2.24, 2.45) is 5.92 Å². The van der Waals surface area contributed by atoms with Crippen molar-refractivity contribution < 1.29 is 40.7 Å². The number of alkyl halides is 6. The van der Waals surface area contributed by atoms with Gasteiger partial charge in [0.15, 0.2) is 0 Å². The van der Waals surface area contributed by atoms with Crippen LogP contribution in [-0.4, -0.2) is 42.2 Å². The van der Waals surface area contributed by atoms with E-state index >= 15 is 0 Å². The lowest BCUT2D eigenvalue weighted by Crippen LogP contribution is -2.51. The molecule has 11 heteroatoms. The van der Waals surface area contributed by atoms with Gasteiger partial charge in [-0.3, -0.25) is 9.59 Å². The molecule has 0 bridgehead atoms. The zero-order valence-electron chi connectivity index (χ0n) is 20.7. The van der Waals surface area contributed by atoms with Gasteiger partial charge in [-0.25, -0.2) is 0 Å². The number of benzene rings is 2. The molecule has 1 aliphatic heterocycles. The van der Waals surface area contributed by atoms with Gasteiger partial charge in [-0.1, -0.05) is 37.6 Å². The van der Waals surface area contributed by atoms with E-state index in [-0.39, 0.29) is 12.3 Å². The van der Waals surface area contributed by atoms with Gasteiger partial charge in [-0.2, -0.15) is 13.2 Å². The van der Waals surface area contributed by atoms with Crippen LogP contribution in [0.1, 0.15) is 49.3 Å². The number of rotatable bonds is 8. The summed E-state index contributed by atoms with van der Waals surface area (Å²) in [6, 6.07) is 8.52. The summed E-state index contributed by atoms with van der Waals surface area (Å²) >= 11 is 0. The fourth-order valence-electron chi connectivity index (χ4n) is 4.90. The molecule has 0 radical (unpaired) electrons. The monoisotopic (exact) mass is 542 g/mol. The van der Waals surface area contributed by atoms with E-state index in [2.05, 4.69) is 10.1 Å². The van der Waals surface area contributed by atoms with E-state index in [0.717, 1.165) is 37.1 Å². The van der Waals surface area contributed by atoms with Gasteiger partial charge in [0.25, 0.3) is 0 Å². The van der Waals surface area contributed by atoms with Crippen molar-refractivity contribution in [3.05, 3.63) is 65.2 Å². The average Bonchev–Trinajstić information content (AvgIpc) is 3.52. The number of nitrogens with one attached hydrogen (secondary N) is 1. The highest BCUT2D eigenvalue weighted by Gasteiger charge is 2.52. The summed E-state index contributed by atoms with van der Waals surface area (Å²) in [7, 11) is 0. The molecule has 206 valence electrons. The van der Waals surface area contributed by atoms with Crippen LogP contribution >= 0.6 is 0 Å².